The molecule has 0 fully saturated rings. The molecule has 0 saturated heterocycles. The molecule has 0 aliphatic carbocycles. The van der Waals surface area contributed by atoms with Crippen LogP contribution in [-0.2, 0) is 4.79 Å². The molecule has 66 valence electrons. The third-order valence-electron chi connectivity index (χ3n) is 1.41. The van der Waals surface area contributed by atoms with Crippen molar-refractivity contribution in [2.75, 3.05) is 0 Å². The van der Waals surface area contributed by atoms with Crippen molar-refractivity contribution in [3.63, 3.8) is 0 Å². The van der Waals surface area contributed by atoms with Gasteiger partial charge in [0.15, 0.2) is 0 Å². The summed E-state index contributed by atoms with van der Waals surface area (Å²) in [4.78, 5) is 10.0. The number of carboxylic acid groups (broad SMARTS) is 1. The fraction of sp³-hybridized carbons (Fsp3) is 0.857. The Morgan fingerprint density at radius 2 is 1.91 bits per heavy atom. The summed E-state index contributed by atoms with van der Waals surface area (Å²) in [5.41, 5.74) is 0. The summed E-state index contributed by atoms with van der Waals surface area (Å²) in [5, 5.41) is 26.3. The Bertz CT molecular complexity index is 124. The van der Waals surface area contributed by atoms with E-state index in [0.29, 0.717) is 6.42 Å². The minimum absolute atomic E-state index is 0.388. The van der Waals surface area contributed by atoms with Crippen molar-refractivity contribution in [1.29, 1.82) is 0 Å². The number of carboxylic acids is 1. The highest BCUT2D eigenvalue weighted by Crippen LogP contribution is 2.05. The highest BCUT2D eigenvalue weighted by Gasteiger charge is 2.17. The molecule has 11 heavy (non-hydrogen) atoms. The predicted octanol–water partition coefficient (Wildman–Crippen LogP) is -0.0170. The molecule has 0 aromatic rings. The van der Waals surface area contributed by atoms with E-state index in [-0.39, 0.29) is 6.42 Å². The van der Waals surface area contributed by atoms with Gasteiger partial charge < -0.3 is 15.3 Å². The standard InChI is InChI=1S/C7H14O4/c1-2-3-5(8)6(9)4-7(10)11/h5-6,8-9H,2-4H2,1H3,(H,10,11)/t5?,6-/m1/s1. The first-order chi connectivity index (χ1) is 5.07. The zero-order valence-electron chi connectivity index (χ0n) is 6.53. The van der Waals surface area contributed by atoms with Gasteiger partial charge in [0.25, 0.3) is 0 Å². The highest BCUT2D eigenvalue weighted by molar-refractivity contribution is 5.67. The van der Waals surface area contributed by atoms with Gasteiger partial charge in [-0.1, -0.05) is 13.3 Å². The van der Waals surface area contributed by atoms with Crippen LogP contribution in [0.5, 0.6) is 0 Å². The second kappa shape index (κ2) is 5.09. The summed E-state index contributed by atoms with van der Waals surface area (Å²) in [6.07, 6.45) is -1.25. The minimum atomic E-state index is -1.13. The number of carbonyl (C=O) groups is 1. The molecule has 0 spiro atoms. The molecular weight excluding hydrogens is 148 g/mol. The van der Waals surface area contributed by atoms with Gasteiger partial charge in [-0.15, -0.1) is 0 Å². The average Bonchev–Trinajstić information content (AvgIpc) is 1.86. The van der Waals surface area contributed by atoms with E-state index in [1.165, 1.54) is 0 Å². The molecule has 0 heterocycles. The Morgan fingerprint density at radius 3 is 2.27 bits per heavy atom. The summed E-state index contributed by atoms with van der Waals surface area (Å²) < 4.78 is 0. The first kappa shape index (κ1) is 10.4. The molecule has 2 atom stereocenters. The number of aliphatic hydroxyl groups excluding tert-OH is 2. The van der Waals surface area contributed by atoms with Gasteiger partial charge in [0.1, 0.15) is 0 Å². The summed E-state index contributed by atoms with van der Waals surface area (Å²) in [7, 11) is 0. The maximum Gasteiger partial charge on any atom is 0.306 e. The topological polar surface area (TPSA) is 77.8 Å². The smallest absolute Gasteiger partial charge is 0.306 e. The largest absolute Gasteiger partial charge is 0.481 e. The lowest BCUT2D eigenvalue weighted by atomic mass is 10.1. The Morgan fingerprint density at radius 1 is 1.36 bits per heavy atom. The van der Waals surface area contributed by atoms with Crippen LogP contribution in [0, 0.1) is 0 Å². The predicted molar refractivity (Wildman–Crippen MR) is 39.2 cm³/mol. The lowest BCUT2D eigenvalue weighted by Gasteiger charge is -2.14. The van der Waals surface area contributed by atoms with Crippen molar-refractivity contribution in [1.82, 2.24) is 0 Å². The summed E-state index contributed by atoms with van der Waals surface area (Å²) in [6.45, 7) is 1.86. The van der Waals surface area contributed by atoms with E-state index in [9.17, 15) is 4.79 Å². The lowest BCUT2D eigenvalue weighted by Crippen LogP contribution is -2.28. The SMILES string of the molecule is CCCC(O)[C@H](O)CC(=O)O. The number of hydrogen-bond acceptors (Lipinski definition) is 3. The van der Waals surface area contributed by atoms with E-state index in [4.69, 9.17) is 15.3 Å². The first-order valence-electron chi connectivity index (χ1n) is 3.65. The maximum absolute atomic E-state index is 10.0. The third kappa shape index (κ3) is 4.75. The Hall–Kier alpha value is -0.610. The number of rotatable bonds is 5. The molecule has 0 aromatic heterocycles. The summed E-state index contributed by atoms with van der Waals surface area (Å²) in [6, 6.07) is 0. The van der Waals surface area contributed by atoms with E-state index in [0.717, 1.165) is 6.42 Å². The molecule has 0 aliphatic rings. The second-order valence-corrected chi connectivity index (χ2v) is 2.52. The molecule has 0 aromatic carbocycles. The first-order valence-corrected chi connectivity index (χ1v) is 3.65. The highest BCUT2D eigenvalue weighted by atomic mass is 16.4. The Labute approximate surface area is 65.5 Å². The van der Waals surface area contributed by atoms with E-state index < -0.39 is 18.2 Å². The monoisotopic (exact) mass is 162 g/mol. The molecule has 0 aliphatic heterocycles. The van der Waals surface area contributed by atoms with Gasteiger partial charge >= 0.3 is 5.97 Å². The van der Waals surface area contributed by atoms with Gasteiger partial charge in [-0.3, -0.25) is 4.79 Å². The van der Waals surface area contributed by atoms with Crippen LogP contribution in [0.15, 0.2) is 0 Å². The van der Waals surface area contributed by atoms with Crippen LogP contribution in [0.1, 0.15) is 26.2 Å². The van der Waals surface area contributed by atoms with Gasteiger partial charge in [-0.25, -0.2) is 0 Å². The van der Waals surface area contributed by atoms with Crippen LogP contribution < -0.4 is 0 Å². The maximum atomic E-state index is 10.0. The molecule has 3 N–H and O–H groups in total. The van der Waals surface area contributed by atoms with Crippen LogP contribution >= 0.6 is 0 Å². The summed E-state index contributed by atoms with van der Waals surface area (Å²) >= 11 is 0. The molecule has 0 radical (unpaired) electrons. The van der Waals surface area contributed by atoms with E-state index in [2.05, 4.69) is 0 Å². The quantitative estimate of drug-likeness (QED) is 0.531. The number of hydrogen-bond donors (Lipinski definition) is 3. The van der Waals surface area contributed by atoms with Crippen molar-refractivity contribution in [3.8, 4) is 0 Å². The molecule has 4 heteroatoms. The zero-order valence-corrected chi connectivity index (χ0v) is 6.53. The third-order valence-corrected chi connectivity index (χ3v) is 1.41. The van der Waals surface area contributed by atoms with Crippen molar-refractivity contribution < 1.29 is 20.1 Å². The van der Waals surface area contributed by atoms with Gasteiger partial charge in [0.05, 0.1) is 18.6 Å². The molecule has 4 nitrogen and oxygen atoms in total. The molecule has 0 saturated carbocycles. The second-order valence-electron chi connectivity index (χ2n) is 2.52. The van der Waals surface area contributed by atoms with Crippen LogP contribution in [0.4, 0.5) is 0 Å². The van der Waals surface area contributed by atoms with Crippen LogP contribution in [0.3, 0.4) is 0 Å². The normalized spacial score (nSPS) is 15.9. The minimum Gasteiger partial charge on any atom is -0.481 e. The number of aliphatic carboxylic acids is 1. The Balaban J connectivity index is 3.63. The fourth-order valence-corrected chi connectivity index (χ4v) is 0.803. The molecule has 1 unspecified atom stereocenters. The van der Waals surface area contributed by atoms with Crippen LogP contribution in [0.25, 0.3) is 0 Å². The van der Waals surface area contributed by atoms with Gasteiger partial charge in [-0.2, -0.15) is 0 Å². The zero-order chi connectivity index (χ0) is 8.85. The van der Waals surface area contributed by atoms with Crippen molar-refractivity contribution >= 4 is 5.97 Å². The van der Waals surface area contributed by atoms with E-state index >= 15 is 0 Å². The van der Waals surface area contributed by atoms with E-state index in [1.54, 1.807) is 0 Å². The molecule has 0 rings (SSSR count). The molecule has 0 bridgehead atoms. The summed E-state index contributed by atoms with van der Waals surface area (Å²) in [5.74, 6) is -1.09. The Kier molecular flexibility index (Phi) is 4.81. The molecule has 0 amide bonds. The molecular formula is C7H14O4. The van der Waals surface area contributed by atoms with Gasteiger partial charge in [0.2, 0.25) is 0 Å². The van der Waals surface area contributed by atoms with E-state index in [1.807, 2.05) is 6.92 Å². The average molecular weight is 162 g/mol. The van der Waals surface area contributed by atoms with Crippen molar-refractivity contribution in [3.05, 3.63) is 0 Å². The van der Waals surface area contributed by atoms with Crippen LogP contribution in [0.2, 0.25) is 0 Å². The van der Waals surface area contributed by atoms with Gasteiger partial charge in [-0.05, 0) is 6.42 Å². The number of aliphatic hydroxyl groups is 2. The van der Waals surface area contributed by atoms with Crippen molar-refractivity contribution in [2.24, 2.45) is 0 Å². The van der Waals surface area contributed by atoms with Crippen molar-refractivity contribution in [2.45, 2.75) is 38.4 Å². The van der Waals surface area contributed by atoms with Crippen LogP contribution in [-0.4, -0.2) is 33.5 Å². The lowest BCUT2D eigenvalue weighted by molar-refractivity contribution is -0.141. The fourth-order valence-electron chi connectivity index (χ4n) is 0.803. The van der Waals surface area contributed by atoms with Gasteiger partial charge in [0, 0.05) is 0 Å².